The maximum absolute atomic E-state index is 12.5. The summed E-state index contributed by atoms with van der Waals surface area (Å²) < 4.78 is 10.5. The fourth-order valence-electron chi connectivity index (χ4n) is 2.50. The van der Waals surface area contributed by atoms with Gasteiger partial charge in [-0.2, -0.15) is 4.98 Å². The van der Waals surface area contributed by atoms with Crippen LogP contribution in [0.3, 0.4) is 0 Å². The molecule has 3 rings (SSSR count). The molecule has 3 aromatic rings. The lowest BCUT2D eigenvalue weighted by molar-refractivity contribution is -0.496. The molecule has 0 atom stereocenters. The summed E-state index contributed by atoms with van der Waals surface area (Å²) >= 11 is 0. The van der Waals surface area contributed by atoms with E-state index in [1.54, 1.807) is 6.07 Å². The summed E-state index contributed by atoms with van der Waals surface area (Å²) in [5.74, 6) is -0.180. The van der Waals surface area contributed by atoms with Crippen LogP contribution in [0.2, 0.25) is 0 Å². The molecule has 10 heteroatoms. The third kappa shape index (κ3) is 3.84. The minimum absolute atomic E-state index is 0.0302. The number of benzene rings is 2. The molecule has 10 nitrogen and oxygen atoms in total. The molecule has 0 unspecified atom stereocenters. The van der Waals surface area contributed by atoms with E-state index in [0.29, 0.717) is 16.5 Å². The summed E-state index contributed by atoms with van der Waals surface area (Å²) in [6, 6.07) is 8.97. The zero-order valence-electron chi connectivity index (χ0n) is 14.2. The Balaban J connectivity index is 1.93. The molecule has 27 heavy (non-hydrogen) atoms. The molecule has 0 saturated carbocycles. The van der Waals surface area contributed by atoms with Gasteiger partial charge in [0.1, 0.15) is 5.82 Å². The van der Waals surface area contributed by atoms with Crippen LogP contribution in [-0.4, -0.2) is 28.0 Å². The summed E-state index contributed by atoms with van der Waals surface area (Å²) in [6.45, 7) is -0.403. The van der Waals surface area contributed by atoms with Gasteiger partial charge in [0.05, 0.1) is 18.2 Å². The van der Waals surface area contributed by atoms with Crippen LogP contribution in [0.1, 0.15) is 15.9 Å². The number of methoxy groups -OCH3 is 1. The first kappa shape index (κ1) is 17.9. The van der Waals surface area contributed by atoms with Gasteiger partial charge in [0.2, 0.25) is 12.5 Å². The van der Waals surface area contributed by atoms with E-state index in [0.717, 1.165) is 0 Å². The van der Waals surface area contributed by atoms with Crippen LogP contribution in [0.15, 0.2) is 36.4 Å². The maximum atomic E-state index is 12.5. The summed E-state index contributed by atoms with van der Waals surface area (Å²) in [6.07, 6.45) is 0. The van der Waals surface area contributed by atoms with Crippen molar-refractivity contribution < 1.29 is 19.2 Å². The first-order chi connectivity index (χ1) is 12.9. The number of nitrogens with two attached hydrogens (primary N) is 2. The average molecular weight is 369 g/mol. The summed E-state index contributed by atoms with van der Waals surface area (Å²) in [4.78, 5) is 30.6. The van der Waals surface area contributed by atoms with Crippen molar-refractivity contribution in [2.45, 2.75) is 6.54 Å². The second-order valence-corrected chi connectivity index (χ2v) is 5.56. The van der Waals surface area contributed by atoms with Gasteiger partial charge in [0, 0.05) is 15.9 Å². The molecule has 2 aromatic carbocycles. The Labute approximate surface area is 152 Å². The number of rotatable bonds is 5. The topological polar surface area (TPSA) is 156 Å². The molecule has 4 N–H and O–H groups in total. The Kier molecular flexibility index (Phi) is 4.71. The molecule has 0 saturated heterocycles. The SMILES string of the molecule is COc1ccc(C[N+](=O)[O-])cc1OC(=O)c1ccc2nc(N)nc(N)c2c1. The van der Waals surface area contributed by atoms with Crippen LogP contribution >= 0.6 is 0 Å². The molecular weight excluding hydrogens is 354 g/mol. The van der Waals surface area contributed by atoms with Crippen molar-refractivity contribution >= 4 is 28.6 Å². The van der Waals surface area contributed by atoms with E-state index < -0.39 is 17.4 Å². The van der Waals surface area contributed by atoms with Gasteiger partial charge in [0.15, 0.2) is 11.5 Å². The highest BCUT2D eigenvalue weighted by atomic mass is 16.6. The number of nitro groups is 1. The molecule has 0 aliphatic heterocycles. The fraction of sp³-hybridized carbons (Fsp3) is 0.118. The molecule has 0 fully saturated rings. The average Bonchev–Trinajstić information content (AvgIpc) is 2.61. The zero-order valence-corrected chi connectivity index (χ0v) is 14.2. The number of esters is 1. The third-order valence-electron chi connectivity index (χ3n) is 3.72. The highest BCUT2D eigenvalue weighted by molar-refractivity contribution is 5.98. The Morgan fingerprint density at radius 2 is 1.93 bits per heavy atom. The van der Waals surface area contributed by atoms with Crippen molar-refractivity contribution in [3.8, 4) is 11.5 Å². The number of nitrogen functional groups attached to an aromatic ring is 2. The number of hydrogen-bond acceptors (Lipinski definition) is 9. The summed E-state index contributed by atoms with van der Waals surface area (Å²) in [7, 11) is 1.40. The smallest absolute Gasteiger partial charge is 0.343 e. The Hall–Kier alpha value is -3.95. The molecule has 1 aromatic heterocycles. The van der Waals surface area contributed by atoms with E-state index in [2.05, 4.69) is 9.97 Å². The fourth-order valence-corrected chi connectivity index (χ4v) is 2.50. The second kappa shape index (κ2) is 7.12. The molecule has 138 valence electrons. The van der Waals surface area contributed by atoms with E-state index in [1.165, 1.54) is 37.4 Å². The zero-order chi connectivity index (χ0) is 19.6. The normalized spacial score (nSPS) is 10.6. The Morgan fingerprint density at radius 1 is 1.15 bits per heavy atom. The molecule has 1 heterocycles. The lowest BCUT2D eigenvalue weighted by atomic mass is 10.1. The van der Waals surface area contributed by atoms with Crippen LogP contribution < -0.4 is 20.9 Å². The quantitative estimate of drug-likeness (QED) is 0.296. The molecule has 0 aliphatic rings. The molecule has 0 amide bonds. The number of ether oxygens (including phenoxy) is 2. The standard InChI is InChI=1S/C17H15N5O5/c1-26-13-5-2-9(8-22(24)25)6-14(13)27-16(23)10-3-4-12-11(7-10)15(18)21-17(19)20-12/h2-7H,8H2,1H3,(H4,18,19,20,21). The van der Waals surface area contributed by atoms with Gasteiger partial charge in [-0.25, -0.2) is 9.78 Å². The van der Waals surface area contributed by atoms with Gasteiger partial charge < -0.3 is 20.9 Å². The molecule has 0 bridgehead atoms. The van der Waals surface area contributed by atoms with E-state index in [9.17, 15) is 14.9 Å². The lowest BCUT2D eigenvalue weighted by Gasteiger charge is -2.11. The molecule has 0 radical (unpaired) electrons. The minimum Gasteiger partial charge on any atom is -0.493 e. The predicted octanol–water partition coefficient (Wildman–Crippen LogP) is 1.80. The molecule has 0 spiro atoms. The number of carbonyl (C=O) groups excluding carboxylic acids is 1. The first-order valence-electron chi connectivity index (χ1n) is 7.71. The van der Waals surface area contributed by atoms with Gasteiger partial charge in [-0.15, -0.1) is 0 Å². The highest BCUT2D eigenvalue weighted by Gasteiger charge is 2.16. The maximum Gasteiger partial charge on any atom is 0.343 e. The van der Waals surface area contributed by atoms with Crippen LogP contribution in [0.5, 0.6) is 11.5 Å². The van der Waals surface area contributed by atoms with Crippen LogP contribution in [0.25, 0.3) is 10.9 Å². The van der Waals surface area contributed by atoms with E-state index in [1.807, 2.05) is 0 Å². The van der Waals surface area contributed by atoms with Crippen molar-refractivity contribution in [3.05, 3.63) is 57.6 Å². The number of hydrogen-bond donors (Lipinski definition) is 2. The van der Waals surface area contributed by atoms with E-state index in [4.69, 9.17) is 20.9 Å². The van der Waals surface area contributed by atoms with Crippen molar-refractivity contribution in [3.63, 3.8) is 0 Å². The minimum atomic E-state index is -0.690. The summed E-state index contributed by atoms with van der Waals surface area (Å²) in [5.41, 5.74) is 12.4. The van der Waals surface area contributed by atoms with Gasteiger partial charge in [-0.05, 0) is 36.4 Å². The van der Waals surface area contributed by atoms with E-state index in [-0.39, 0.29) is 28.8 Å². The van der Waals surface area contributed by atoms with Crippen LogP contribution in [0.4, 0.5) is 11.8 Å². The van der Waals surface area contributed by atoms with Gasteiger partial charge in [-0.3, -0.25) is 10.1 Å². The van der Waals surface area contributed by atoms with Crippen molar-refractivity contribution in [2.24, 2.45) is 0 Å². The van der Waals surface area contributed by atoms with Crippen molar-refractivity contribution in [1.82, 2.24) is 9.97 Å². The Bertz CT molecular complexity index is 1050. The second-order valence-electron chi connectivity index (χ2n) is 5.56. The van der Waals surface area contributed by atoms with Crippen molar-refractivity contribution in [1.29, 1.82) is 0 Å². The number of carbonyl (C=O) groups is 1. The number of aromatic nitrogens is 2. The number of nitrogens with zero attached hydrogens (tertiary/aromatic N) is 3. The first-order valence-corrected chi connectivity index (χ1v) is 7.71. The highest BCUT2D eigenvalue weighted by Crippen LogP contribution is 2.29. The van der Waals surface area contributed by atoms with Crippen LogP contribution in [0, 0.1) is 10.1 Å². The Morgan fingerprint density at radius 3 is 2.63 bits per heavy atom. The van der Waals surface area contributed by atoms with E-state index >= 15 is 0 Å². The lowest BCUT2D eigenvalue weighted by Crippen LogP contribution is -2.10. The number of fused-ring (bicyclic) bond motifs is 1. The van der Waals surface area contributed by atoms with Gasteiger partial charge >= 0.3 is 5.97 Å². The number of anilines is 2. The predicted molar refractivity (Wildman–Crippen MR) is 97.0 cm³/mol. The van der Waals surface area contributed by atoms with Crippen molar-refractivity contribution in [2.75, 3.05) is 18.6 Å². The molecule has 0 aliphatic carbocycles. The summed E-state index contributed by atoms with van der Waals surface area (Å²) in [5, 5.41) is 11.1. The van der Waals surface area contributed by atoms with Gasteiger partial charge in [0.25, 0.3) is 0 Å². The molecular formula is C17H15N5O5. The van der Waals surface area contributed by atoms with Crippen LogP contribution in [-0.2, 0) is 6.54 Å². The third-order valence-corrected chi connectivity index (χ3v) is 3.72. The largest absolute Gasteiger partial charge is 0.493 e. The van der Waals surface area contributed by atoms with Gasteiger partial charge in [-0.1, -0.05) is 0 Å². The monoisotopic (exact) mass is 369 g/mol.